The second kappa shape index (κ2) is 10.9. The quantitative estimate of drug-likeness (QED) is 0.477. The molecule has 3 aromatic rings. The van der Waals surface area contributed by atoms with E-state index in [9.17, 15) is 9.59 Å². The first-order valence-corrected chi connectivity index (χ1v) is 10.0. The average Bonchev–Trinajstić information content (AvgIpc) is 2.83. The van der Waals surface area contributed by atoms with Gasteiger partial charge in [-0.05, 0) is 48.0 Å². The van der Waals surface area contributed by atoms with Crippen molar-refractivity contribution >= 4 is 17.5 Å². The molecule has 3 rings (SSSR count). The lowest BCUT2D eigenvalue weighted by Gasteiger charge is -2.14. The second-order valence-corrected chi connectivity index (χ2v) is 7.08. The minimum absolute atomic E-state index is 0.106. The number of nitrogens with zero attached hydrogens (tertiary/aromatic N) is 1. The Balaban J connectivity index is 1.54. The van der Waals surface area contributed by atoms with E-state index in [-0.39, 0.29) is 18.2 Å². The van der Waals surface area contributed by atoms with Gasteiger partial charge in [-0.25, -0.2) is 0 Å². The summed E-state index contributed by atoms with van der Waals surface area (Å²) in [5.74, 6) is 0.916. The number of aromatic nitrogens is 1. The molecule has 2 amide bonds. The number of methoxy groups -OCH3 is 2. The van der Waals surface area contributed by atoms with Crippen LogP contribution in [-0.4, -0.2) is 31.0 Å². The average molecular weight is 434 g/mol. The SMILES string of the molecule is COc1ccc(OC)c(CNC(=O)CC(N)c2ccc(C(=O)Nc3ccncc3)cc2)c1. The van der Waals surface area contributed by atoms with Crippen molar-refractivity contribution in [2.24, 2.45) is 5.73 Å². The molecule has 166 valence electrons. The molecule has 0 bridgehead atoms. The summed E-state index contributed by atoms with van der Waals surface area (Å²) < 4.78 is 10.6. The number of amides is 2. The molecular weight excluding hydrogens is 408 g/mol. The van der Waals surface area contributed by atoms with Crippen LogP contribution in [0.2, 0.25) is 0 Å². The van der Waals surface area contributed by atoms with E-state index < -0.39 is 6.04 Å². The van der Waals surface area contributed by atoms with Crippen molar-refractivity contribution in [2.75, 3.05) is 19.5 Å². The molecule has 0 radical (unpaired) electrons. The zero-order valence-corrected chi connectivity index (χ0v) is 18.0. The Labute approximate surface area is 186 Å². The summed E-state index contributed by atoms with van der Waals surface area (Å²) in [6.07, 6.45) is 3.31. The van der Waals surface area contributed by atoms with E-state index in [1.54, 1.807) is 75.1 Å². The van der Waals surface area contributed by atoms with Gasteiger partial charge in [-0.3, -0.25) is 14.6 Å². The molecule has 4 N–H and O–H groups in total. The molecule has 0 fully saturated rings. The fourth-order valence-corrected chi connectivity index (χ4v) is 3.12. The van der Waals surface area contributed by atoms with Crippen LogP contribution < -0.4 is 25.8 Å². The van der Waals surface area contributed by atoms with Crippen molar-refractivity contribution in [3.05, 3.63) is 83.7 Å². The van der Waals surface area contributed by atoms with Gasteiger partial charge in [-0.1, -0.05) is 12.1 Å². The van der Waals surface area contributed by atoms with E-state index in [0.29, 0.717) is 29.3 Å². The molecule has 8 heteroatoms. The molecule has 8 nitrogen and oxygen atoms in total. The van der Waals surface area contributed by atoms with Crippen molar-refractivity contribution in [3.8, 4) is 11.5 Å². The maximum atomic E-state index is 12.4. The molecule has 1 atom stereocenters. The predicted molar refractivity (Wildman–Crippen MR) is 122 cm³/mol. The van der Waals surface area contributed by atoms with Crippen LogP contribution in [0.1, 0.15) is 33.9 Å². The van der Waals surface area contributed by atoms with Crippen molar-refractivity contribution in [1.29, 1.82) is 0 Å². The van der Waals surface area contributed by atoms with Gasteiger partial charge in [0, 0.05) is 48.2 Å². The summed E-state index contributed by atoms with van der Waals surface area (Å²) in [5.41, 5.74) is 8.93. The Bertz CT molecular complexity index is 1060. The zero-order chi connectivity index (χ0) is 22.9. The Morgan fingerprint density at radius 1 is 1.00 bits per heavy atom. The van der Waals surface area contributed by atoms with Crippen LogP contribution in [0.15, 0.2) is 67.0 Å². The topological polar surface area (TPSA) is 116 Å². The third-order valence-corrected chi connectivity index (χ3v) is 4.91. The Kier molecular flexibility index (Phi) is 7.77. The molecule has 2 aromatic carbocycles. The summed E-state index contributed by atoms with van der Waals surface area (Å²) in [6, 6.07) is 15.2. The number of hydrogen-bond donors (Lipinski definition) is 3. The number of pyridine rings is 1. The normalized spacial score (nSPS) is 11.3. The fourth-order valence-electron chi connectivity index (χ4n) is 3.12. The number of hydrogen-bond acceptors (Lipinski definition) is 6. The van der Waals surface area contributed by atoms with Gasteiger partial charge in [0.2, 0.25) is 5.91 Å². The van der Waals surface area contributed by atoms with E-state index in [1.165, 1.54) is 0 Å². The van der Waals surface area contributed by atoms with E-state index in [4.69, 9.17) is 15.2 Å². The van der Waals surface area contributed by atoms with Crippen LogP contribution in [0.25, 0.3) is 0 Å². The van der Waals surface area contributed by atoms with Gasteiger partial charge in [-0.2, -0.15) is 0 Å². The molecule has 0 saturated carbocycles. The number of anilines is 1. The summed E-state index contributed by atoms with van der Waals surface area (Å²) in [4.78, 5) is 28.7. The van der Waals surface area contributed by atoms with Crippen LogP contribution in [0.4, 0.5) is 5.69 Å². The van der Waals surface area contributed by atoms with E-state index in [0.717, 1.165) is 11.1 Å². The fraction of sp³-hybridized carbons (Fsp3) is 0.208. The first kappa shape index (κ1) is 22.8. The van der Waals surface area contributed by atoms with E-state index in [2.05, 4.69) is 15.6 Å². The summed E-state index contributed by atoms with van der Waals surface area (Å²) in [6.45, 7) is 0.292. The van der Waals surface area contributed by atoms with Gasteiger partial charge in [-0.15, -0.1) is 0 Å². The van der Waals surface area contributed by atoms with Gasteiger partial charge in [0.1, 0.15) is 11.5 Å². The van der Waals surface area contributed by atoms with Crippen LogP contribution in [0, 0.1) is 0 Å². The third-order valence-electron chi connectivity index (χ3n) is 4.91. The molecular formula is C24H26N4O4. The van der Waals surface area contributed by atoms with Crippen LogP contribution >= 0.6 is 0 Å². The molecule has 0 saturated heterocycles. The van der Waals surface area contributed by atoms with Crippen molar-refractivity contribution in [2.45, 2.75) is 19.0 Å². The lowest BCUT2D eigenvalue weighted by atomic mass is 10.0. The van der Waals surface area contributed by atoms with Crippen LogP contribution in [0.5, 0.6) is 11.5 Å². The largest absolute Gasteiger partial charge is 0.497 e. The highest BCUT2D eigenvalue weighted by molar-refractivity contribution is 6.04. The van der Waals surface area contributed by atoms with Crippen molar-refractivity contribution in [1.82, 2.24) is 10.3 Å². The standard InChI is InChI=1S/C24H26N4O4/c1-31-20-7-8-22(32-2)18(13-20)15-27-23(29)14-21(25)16-3-5-17(6-4-16)24(30)28-19-9-11-26-12-10-19/h3-13,21H,14-15,25H2,1-2H3,(H,27,29)(H,26,28,30). The molecule has 0 aliphatic rings. The first-order chi connectivity index (χ1) is 15.5. The molecule has 1 aromatic heterocycles. The summed E-state index contributed by atoms with van der Waals surface area (Å²) in [5, 5.41) is 5.65. The number of carbonyl (C=O) groups excluding carboxylic acids is 2. The van der Waals surface area contributed by atoms with Crippen molar-refractivity contribution < 1.29 is 19.1 Å². The minimum Gasteiger partial charge on any atom is -0.497 e. The smallest absolute Gasteiger partial charge is 0.255 e. The van der Waals surface area contributed by atoms with Crippen molar-refractivity contribution in [3.63, 3.8) is 0 Å². The lowest BCUT2D eigenvalue weighted by molar-refractivity contribution is -0.121. The number of ether oxygens (including phenoxy) is 2. The highest BCUT2D eigenvalue weighted by atomic mass is 16.5. The molecule has 32 heavy (non-hydrogen) atoms. The highest BCUT2D eigenvalue weighted by Crippen LogP contribution is 2.24. The third kappa shape index (κ3) is 6.05. The predicted octanol–water partition coefficient (Wildman–Crippen LogP) is 3.06. The number of rotatable bonds is 9. The number of nitrogens with one attached hydrogen (secondary N) is 2. The van der Waals surface area contributed by atoms with Crippen LogP contribution in [-0.2, 0) is 11.3 Å². The Morgan fingerprint density at radius 2 is 1.72 bits per heavy atom. The number of nitrogens with two attached hydrogens (primary N) is 1. The first-order valence-electron chi connectivity index (χ1n) is 10.0. The Hall–Kier alpha value is -3.91. The Morgan fingerprint density at radius 3 is 2.38 bits per heavy atom. The number of carbonyl (C=O) groups is 2. The van der Waals surface area contributed by atoms with Gasteiger partial charge in [0.25, 0.3) is 5.91 Å². The summed E-state index contributed by atoms with van der Waals surface area (Å²) in [7, 11) is 3.15. The molecule has 0 spiro atoms. The lowest BCUT2D eigenvalue weighted by Crippen LogP contribution is -2.27. The van der Waals surface area contributed by atoms with Crippen LogP contribution in [0.3, 0.4) is 0 Å². The maximum absolute atomic E-state index is 12.4. The summed E-state index contributed by atoms with van der Waals surface area (Å²) >= 11 is 0. The van der Waals surface area contributed by atoms with E-state index >= 15 is 0 Å². The van der Waals surface area contributed by atoms with Gasteiger partial charge in [0.05, 0.1) is 14.2 Å². The van der Waals surface area contributed by atoms with Gasteiger partial charge < -0.3 is 25.8 Å². The highest BCUT2D eigenvalue weighted by Gasteiger charge is 2.14. The molecule has 0 aliphatic carbocycles. The molecule has 1 unspecified atom stereocenters. The van der Waals surface area contributed by atoms with Gasteiger partial charge >= 0.3 is 0 Å². The zero-order valence-electron chi connectivity index (χ0n) is 18.0. The maximum Gasteiger partial charge on any atom is 0.255 e. The monoisotopic (exact) mass is 434 g/mol. The van der Waals surface area contributed by atoms with Gasteiger partial charge in [0.15, 0.2) is 0 Å². The molecule has 1 heterocycles. The van der Waals surface area contributed by atoms with E-state index in [1.807, 2.05) is 6.07 Å². The number of benzene rings is 2. The minimum atomic E-state index is -0.500. The molecule has 0 aliphatic heterocycles. The second-order valence-electron chi connectivity index (χ2n) is 7.08.